The quantitative estimate of drug-likeness (QED) is 0.745. The second kappa shape index (κ2) is 3.46. The van der Waals surface area contributed by atoms with Crippen molar-refractivity contribution in [1.29, 1.82) is 0 Å². The minimum Gasteiger partial charge on any atom is -0.530 e. The molecule has 1 aliphatic heterocycles. The van der Waals surface area contributed by atoms with E-state index >= 15 is 0 Å². The van der Waals surface area contributed by atoms with E-state index in [9.17, 15) is 9.90 Å². The van der Waals surface area contributed by atoms with E-state index in [-0.39, 0.29) is 0 Å². The van der Waals surface area contributed by atoms with Gasteiger partial charge in [0.05, 0.1) is 6.61 Å². The van der Waals surface area contributed by atoms with Gasteiger partial charge in [0.1, 0.15) is 11.8 Å². The third-order valence-corrected chi connectivity index (χ3v) is 2.70. The first-order valence-corrected chi connectivity index (χ1v) is 4.83. The second-order valence-electron chi connectivity index (χ2n) is 3.68. The van der Waals surface area contributed by atoms with E-state index in [0.29, 0.717) is 12.3 Å². The molecule has 0 aromatic heterocycles. The van der Waals surface area contributed by atoms with Gasteiger partial charge in [0.25, 0.3) is 0 Å². The summed E-state index contributed by atoms with van der Waals surface area (Å²) in [6.45, 7) is 4.41. The minimum atomic E-state index is -1.28. The van der Waals surface area contributed by atoms with Crippen molar-refractivity contribution in [3.8, 4) is 5.75 Å². The number of carbonyl (C=O) groups is 1. The Kier molecular flexibility index (Phi) is 2.26. The van der Waals surface area contributed by atoms with Crippen molar-refractivity contribution in [2.45, 2.75) is 20.3 Å². The van der Waals surface area contributed by atoms with Gasteiger partial charge < -0.3 is 20.0 Å². The smallest absolute Gasteiger partial charge is 0.138 e. The van der Waals surface area contributed by atoms with Gasteiger partial charge >= 0.3 is 0 Å². The molecule has 4 nitrogen and oxygen atoms in total. The number of anilines is 1. The number of hydrogen-bond acceptors (Lipinski definition) is 3. The number of aryl methyl sites for hydroxylation is 1. The summed E-state index contributed by atoms with van der Waals surface area (Å²) >= 11 is 0. The van der Waals surface area contributed by atoms with Gasteiger partial charge in [-0.1, -0.05) is 0 Å². The summed E-state index contributed by atoms with van der Waals surface area (Å²) in [6, 6.07) is 1.86. The fraction of sp³-hybridized carbons (Fsp3) is 0.364. The molecule has 0 saturated carbocycles. The Bertz CT molecular complexity index is 426. The molecule has 0 fully saturated rings. The van der Waals surface area contributed by atoms with Crippen LogP contribution in [0.2, 0.25) is 0 Å². The van der Waals surface area contributed by atoms with E-state index in [1.165, 1.54) is 0 Å². The Morgan fingerprint density at radius 1 is 1.53 bits per heavy atom. The molecule has 0 saturated heterocycles. The zero-order valence-corrected chi connectivity index (χ0v) is 8.72. The lowest BCUT2D eigenvalue weighted by molar-refractivity contribution is -0.242. The fourth-order valence-electron chi connectivity index (χ4n) is 1.98. The Balaban J connectivity index is 2.51. The van der Waals surface area contributed by atoms with Crippen LogP contribution in [0.3, 0.4) is 0 Å². The topological polar surface area (TPSA) is 61.4 Å². The molecule has 80 valence electrons. The molecule has 0 bridgehead atoms. The van der Waals surface area contributed by atoms with Crippen LogP contribution in [0.15, 0.2) is 6.07 Å². The van der Waals surface area contributed by atoms with Crippen LogP contribution in [0.5, 0.6) is 5.75 Å². The zero-order chi connectivity index (χ0) is 11.0. The van der Waals surface area contributed by atoms with Crippen LogP contribution in [0.1, 0.15) is 16.7 Å². The Morgan fingerprint density at radius 2 is 2.27 bits per heavy atom. The number of nitrogens with one attached hydrogen (secondary N) is 1. The molecule has 0 atom stereocenters. The molecule has 4 heteroatoms. The number of ether oxygens (including phenoxy) is 1. The Morgan fingerprint density at radius 3 is 2.93 bits per heavy atom. The maximum absolute atomic E-state index is 10.5. The van der Waals surface area contributed by atoms with Crippen molar-refractivity contribution in [3.63, 3.8) is 0 Å². The van der Waals surface area contributed by atoms with Crippen molar-refractivity contribution in [2.24, 2.45) is 0 Å². The van der Waals surface area contributed by atoms with Gasteiger partial charge in [0.15, 0.2) is 0 Å². The number of rotatable bonds is 1. The van der Waals surface area contributed by atoms with Crippen LogP contribution in [0.25, 0.3) is 0 Å². The molecule has 1 aromatic carbocycles. The second-order valence-corrected chi connectivity index (χ2v) is 3.68. The third-order valence-electron chi connectivity index (χ3n) is 2.70. The van der Waals surface area contributed by atoms with Crippen molar-refractivity contribution in [2.75, 3.05) is 11.9 Å². The summed E-state index contributed by atoms with van der Waals surface area (Å²) in [7, 11) is 0. The van der Waals surface area contributed by atoms with Gasteiger partial charge in [-0.15, -0.1) is 0 Å². The van der Waals surface area contributed by atoms with Crippen molar-refractivity contribution < 1.29 is 14.6 Å². The van der Waals surface area contributed by atoms with Gasteiger partial charge in [-0.2, -0.15) is 0 Å². The van der Waals surface area contributed by atoms with Crippen molar-refractivity contribution in [1.82, 2.24) is 0 Å². The van der Waals surface area contributed by atoms with Crippen molar-refractivity contribution >= 4 is 11.8 Å². The van der Waals surface area contributed by atoms with E-state index in [0.717, 1.165) is 28.9 Å². The molecule has 1 heterocycles. The Labute approximate surface area is 87.9 Å². The lowest BCUT2D eigenvalue weighted by atomic mass is 10.0. The van der Waals surface area contributed by atoms with Crippen LogP contribution < -0.4 is 15.2 Å². The third kappa shape index (κ3) is 1.63. The standard InChI is InChI=1S/C11H13NO3/c1-6-5-9-8(3-4-15-9)7(2)10(6)12-11(13)14/h5,12H,3-4H2,1-2H3,(H,13,14)/p-1. The number of fused-ring (bicyclic) bond motifs is 1. The van der Waals surface area contributed by atoms with Gasteiger partial charge in [-0.25, -0.2) is 0 Å². The molecule has 0 spiro atoms. The number of carboxylic acid groups (broad SMARTS) is 1. The average Bonchev–Trinajstić information content (AvgIpc) is 2.59. The molecule has 2 rings (SSSR count). The van der Waals surface area contributed by atoms with Crippen LogP contribution in [0, 0.1) is 13.8 Å². The highest BCUT2D eigenvalue weighted by molar-refractivity contribution is 5.84. The van der Waals surface area contributed by atoms with E-state index < -0.39 is 6.09 Å². The van der Waals surface area contributed by atoms with Crippen LogP contribution in [-0.2, 0) is 6.42 Å². The first-order valence-electron chi connectivity index (χ1n) is 4.83. The van der Waals surface area contributed by atoms with Crippen LogP contribution >= 0.6 is 0 Å². The predicted octanol–water partition coefficient (Wildman–Crippen LogP) is 0.994. The summed E-state index contributed by atoms with van der Waals surface area (Å²) in [6.07, 6.45) is -0.441. The average molecular weight is 206 g/mol. The monoisotopic (exact) mass is 206 g/mol. The summed E-state index contributed by atoms with van der Waals surface area (Å²) in [5.74, 6) is 0.869. The maximum atomic E-state index is 10.5. The van der Waals surface area contributed by atoms with E-state index in [4.69, 9.17) is 4.74 Å². The molecule has 0 unspecified atom stereocenters. The normalized spacial score (nSPS) is 13.2. The first-order chi connectivity index (χ1) is 7.09. The molecule has 1 aliphatic rings. The number of hydrogen-bond donors (Lipinski definition) is 1. The number of amides is 1. The van der Waals surface area contributed by atoms with Crippen LogP contribution in [0.4, 0.5) is 10.5 Å². The molecular formula is C11H12NO3-. The van der Waals surface area contributed by atoms with Gasteiger partial charge in [0, 0.05) is 17.7 Å². The zero-order valence-electron chi connectivity index (χ0n) is 8.72. The Hall–Kier alpha value is -1.71. The van der Waals surface area contributed by atoms with Crippen molar-refractivity contribution in [3.05, 3.63) is 22.8 Å². The molecule has 15 heavy (non-hydrogen) atoms. The van der Waals surface area contributed by atoms with Gasteiger partial charge in [-0.3, -0.25) is 0 Å². The summed E-state index contributed by atoms with van der Waals surface area (Å²) in [4.78, 5) is 10.5. The van der Waals surface area contributed by atoms with E-state index in [1.54, 1.807) is 0 Å². The largest absolute Gasteiger partial charge is 0.530 e. The molecule has 1 N–H and O–H groups in total. The van der Waals surface area contributed by atoms with Gasteiger partial charge in [-0.05, 0) is 31.0 Å². The summed E-state index contributed by atoms with van der Waals surface area (Å²) in [5, 5.41) is 12.8. The lowest BCUT2D eigenvalue weighted by Gasteiger charge is -2.15. The SMILES string of the molecule is Cc1cc2c(c(C)c1NC(=O)[O-])CCO2. The molecule has 1 amide bonds. The fourth-order valence-corrected chi connectivity index (χ4v) is 1.98. The predicted molar refractivity (Wildman–Crippen MR) is 54.1 cm³/mol. The number of carbonyl (C=O) groups excluding carboxylic acids is 1. The lowest BCUT2D eigenvalue weighted by Crippen LogP contribution is -2.29. The van der Waals surface area contributed by atoms with E-state index in [1.807, 2.05) is 19.9 Å². The highest BCUT2D eigenvalue weighted by Gasteiger charge is 2.18. The highest BCUT2D eigenvalue weighted by Crippen LogP contribution is 2.35. The maximum Gasteiger partial charge on any atom is 0.138 e. The molecular weight excluding hydrogens is 194 g/mol. The highest BCUT2D eigenvalue weighted by atomic mass is 16.5. The summed E-state index contributed by atoms with van der Waals surface area (Å²) < 4.78 is 5.43. The molecule has 0 aliphatic carbocycles. The first kappa shape index (κ1) is 9.83. The minimum absolute atomic E-state index is 0.624. The summed E-state index contributed by atoms with van der Waals surface area (Å²) in [5.41, 5.74) is 3.51. The van der Waals surface area contributed by atoms with Gasteiger partial charge in [0.2, 0.25) is 0 Å². The van der Waals surface area contributed by atoms with E-state index in [2.05, 4.69) is 5.32 Å². The number of benzene rings is 1. The molecule has 1 aromatic rings. The van der Waals surface area contributed by atoms with Crippen LogP contribution in [-0.4, -0.2) is 12.7 Å². The molecule has 0 radical (unpaired) electrons.